The van der Waals surface area contributed by atoms with Crippen molar-refractivity contribution in [3.63, 3.8) is 0 Å². The van der Waals surface area contributed by atoms with E-state index in [0.29, 0.717) is 12.5 Å². The molecule has 1 atom stereocenters. The molecule has 0 bridgehead atoms. The van der Waals surface area contributed by atoms with Gasteiger partial charge in [0.25, 0.3) is 5.56 Å². The Labute approximate surface area is 162 Å². The van der Waals surface area contributed by atoms with Crippen LogP contribution in [0.4, 0.5) is 0 Å². The number of amides is 1. The predicted octanol–water partition coefficient (Wildman–Crippen LogP) is 3.21. The molecule has 0 radical (unpaired) electrons. The van der Waals surface area contributed by atoms with Gasteiger partial charge in [0.15, 0.2) is 0 Å². The molecule has 2 heterocycles. The zero-order chi connectivity index (χ0) is 19.0. The Balaban J connectivity index is 1.54. The number of benzene rings is 1. The second kappa shape index (κ2) is 7.27. The molecule has 0 saturated heterocycles. The summed E-state index contributed by atoms with van der Waals surface area (Å²) in [4.78, 5) is 31.9. The largest absolute Gasteiger partial charge is 0.350 e. The minimum atomic E-state index is -0.181. The molecule has 0 unspecified atom stereocenters. The van der Waals surface area contributed by atoms with Crippen LogP contribution in [-0.2, 0) is 30.7 Å². The van der Waals surface area contributed by atoms with Crippen molar-refractivity contribution < 1.29 is 4.79 Å². The highest BCUT2D eigenvalue weighted by atomic mass is 32.1. The van der Waals surface area contributed by atoms with Gasteiger partial charge in [-0.05, 0) is 48.8 Å². The maximum atomic E-state index is 13.0. The van der Waals surface area contributed by atoms with E-state index in [4.69, 9.17) is 0 Å². The van der Waals surface area contributed by atoms with Gasteiger partial charge in [0.1, 0.15) is 11.4 Å². The van der Waals surface area contributed by atoms with E-state index in [9.17, 15) is 9.59 Å². The van der Waals surface area contributed by atoms with Crippen LogP contribution in [0.25, 0.3) is 10.2 Å². The number of carbonyl (C=O) groups is 1. The molecule has 1 amide bonds. The van der Waals surface area contributed by atoms with Crippen LogP contribution in [0.3, 0.4) is 0 Å². The number of rotatable bonds is 4. The summed E-state index contributed by atoms with van der Waals surface area (Å²) in [5.74, 6) is 0.472. The molecule has 5 nitrogen and oxygen atoms in total. The van der Waals surface area contributed by atoms with Gasteiger partial charge in [-0.2, -0.15) is 0 Å². The van der Waals surface area contributed by atoms with Crippen molar-refractivity contribution >= 4 is 27.5 Å². The second-order valence-corrected chi connectivity index (χ2v) is 8.50. The van der Waals surface area contributed by atoms with Gasteiger partial charge in [0.2, 0.25) is 5.91 Å². The molecular formula is C21H23N3O2S. The number of hydrogen-bond donors (Lipinski definition) is 1. The van der Waals surface area contributed by atoms with Gasteiger partial charge in [-0.25, -0.2) is 4.98 Å². The summed E-state index contributed by atoms with van der Waals surface area (Å²) in [5, 5.41) is 3.62. The van der Waals surface area contributed by atoms with Crippen molar-refractivity contribution in [3.8, 4) is 0 Å². The lowest BCUT2D eigenvalue weighted by Gasteiger charge is -2.17. The van der Waals surface area contributed by atoms with Gasteiger partial charge in [-0.3, -0.25) is 14.2 Å². The Morgan fingerprint density at radius 1 is 1.37 bits per heavy atom. The molecule has 0 aliphatic heterocycles. The van der Waals surface area contributed by atoms with E-state index in [1.807, 2.05) is 31.2 Å². The molecule has 140 valence electrons. The van der Waals surface area contributed by atoms with Crippen LogP contribution < -0.4 is 10.9 Å². The van der Waals surface area contributed by atoms with Crippen LogP contribution >= 0.6 is 11.3 Å². The highest BCUT2D eigenvalue weighted by Gasteiger charge is 2.23. The Hall–Kier alpha value is -2.47. The molecule has 27 heavy (non-hydrogen) atoms. The first-order valence-corrected chi connectivity index (χ1v) is 10.2. The number of thiophene rings is 1. The van der Waals surface area contributed by atoms with Gasteiger partial charge in [-0.15, -0.1) is 11.3 Å². The normalized spacial score (nSPS) is 16.3. The van der Waals surface area contributed by atoms with Crippen molar-refractivity contribution in [3.05, 3.63) is 62.5 Å². The molecule has 6 heteroatoms. The summed E-state index contributed by atoms with van der Waals surface area (Å²) in [5.41, 5.74) is 3.27. The van der Waals surface area contributed by atoms with Gasteiger partial charge < -0.3 is 5.32 Å². The first-order chi connectivity index (χ1) is 13.0. The van der Waals surface area contributed by atoms with E-state index in [-0.39, 0.29) is 18.0 Å². The number of carbonyl (C=O) groups excluding carboxylic acids is 1. The average molecular weight is 382 g/mol. The molecule has 1 N–H and O–H groups in total. The van der Waals surface area contributed by atoms with Gasteiger partial charge in [-0.1, -0.05) is 31.2 Å². The predicted molar refractivity (Wildman–Crippen MR) is 108 cm³/mol. The Kier molecular flexibility index (Phi) is 4.83. The number of aromatic nitrogens is 2. The summed E-state index contributed by atoms with van der Waals surface area (Å²) in [7, 11) is 0. The van der Waals surface area contributed by atoms with E-state index in [2.05, 4.69) is 17.2 Å². The fraction of sp³-hybridized carbons (Fsp3) is 0.381. The molecule has 1 aliphatic carbocycles. The van der Waals surface area contributed by atoms with Crippen LogP contribution in [0.5, 0.6) is 0 Å². The fourth-order valence-electron chi connectivity index (χ4n) is 3.69. The topological polar surface area (TPSA) is 64.0 Å². The fourth-order valence-corrected chi connectivity index (χ4v) is 5.03. The van der Waals surface area contributed by atoms with Crippen LogP contribution in [0.15, 0.2) is 35.4 Å². The van der Waals surface area contributed by atoms with Crippen LogP contribution in [-0.4, -0.2) is 15.5 Å². The Morgan fingerprint density at radius 3 is 3.00 bits per heavy atom. The smallest absolute Gasteiger partial charge is 0.262 e. The number of aryl methyl sites for hydroxylation is 2. The van der Waals surface area contributed by atoms with Gasteiger partial charge in [0.05, 0.1) is 11.7 Å². The lowest BCUT2D eigenvalue weighted by atomic mass is 9.89. The summed E-state index contributed by atoms with van der Waals surface area (Å²) in [6, 6.07) is 7.94. The van der Waals surface area contributed by atoms with Crippen LogP contribution in [0.1, 0.15) is 34.9 Å². The molecule has 0 spiro atoms. The van der Waals surface area contributed by atoms with Gasteiger partial charge >= 0.3 is 0 Å². The quantitative estimate of drug-likeness (QED) is 0.755. The van der Waals surface area contributed by atoms with Crippen molar-refractivity contribution in [1.82, 2.24) is 14.9 Å². The minimum absolute atomic E-state index is 0.00528. The zero-order valence-electron chi connectivity index (χ0n) is 15.6. The zero-order valence-corrected chi connectivity index (χ0v) is 16.4. The molecule has 1 aromatic carbocycles. The van der Waals surface area contributed by atoms with Crippen molar-refractivity contribution in [2.45, 2.75) is 46.2 Å². The summed E-state index contributed by atoms with van der Waals surface area (Å²) < 4.78 is 1.43. The highest BCUT2D eigenvalue weighted by molar-refractivity contribution is 7.18. The maximum Gasteiger partial charge on any atom is 0.262 e. The average Bonchev–Trinajstić information content (AvgIpc) is 3.01. The van der Waals surface area contributed by atoms with E-state index in [0.717, 1.165) is 46.2 Å². The molecule has 2 aromatic heterocycles. The van der Waals surface area contributed by atoms with E-state index >= 15 is 0 Å². The standard InChI is InChI=1S/C21H23N3O2S/c1-13-7-8-16-17(9-13)27-20-19(16)21(26)24(12-23-20)11-18(25)22-10-15-6-4-3-5-14(15)2/h3-6,12-13H,7-11H2,1-2H3,(H,22,25)/t13-/m0/s1. The number of hydrogen-bond acceptors (Lipinski definition) is 4. The number of fused-ring (bicyclic) bond motifs is 3. The van der Waals surface area contributed by atoms with Crippen LogP contribution in [0, 0.1) is 12.8 Å². The van der Waals surface area contributed by atoms with E-state index in [1.54, 1.807) is 11.3 Å². The SMILES string of the molecule is Cc1ccccc1CNC(=O)Cn1cnc2sc3c(c2c1=O)CC[C@H](C)C3. The summed E-state index contributed by atoms with van der Waals surface area (Å²) in [6.45, 7) is 4.72. The van der Waals surface area contributed by atoms with Crippen molar-refractivity contribution in [1.29, 1.82) is 0 Å². The third kappa shape index (κ3) is 3.54. The van der Waals surface area contributed by atoms with Gasteiger partial charge in [0, 0.05) is 11.4 Å². The third-order valence-corrected chi connectivity index (χ3v) is 6.50. The minimum Gasteiger partial charge on any atom is -0.350 e. The van der Waals surface area contributed by atoms with Crippen LogP contribution in [0.2, 0.25) is 0 Å². The van der Waals surface area contributed by atoms with E-state index in [1.165, 1.54) is 15.8 Å². The first-order valence-electron chi connectivity index (χ1n) is 9.34. The number of nitrogens with one attached hydrogen (secondary N) is 1. The first kappa shape index (κ1) is 17.9. The molecule has 4 rings (SSSR count). The molecular weight excluding hydrogens is 358 g/mol. The monoisotopic (exact) mass is 381 g/mol. The molecule has 0 saturated carbocycles. The summed E-state index contributed by atoms with van der Waals surface area (Å²) >= 11 is 1.63. The number of nitrogens with zero attached hydrogens (tertiary/aromatic N) is 2. The van der Waals surface area contributed by atoms with E-state index < -0.39 is 0 Å². The molecule has 0 fully saturated rings. The Bertz CT molecular complexity index is 1070. The second-order valence-electron chi connectivity index (χ2n) is 7.41. The summed E-state index contributed by atoms with van der Waals surface area (Å²) in [6.07, 6.45) is 4.55. The highest BCUT2D eigenvalue weighted by Crippen LogP contribution is 2.35. The Morgan fingerprint density at radius 2 is 2.19 bits per heavy atom. The lowest BCUT2D eigenvalue weighted by molar-refractivity contribution is -0.121. The lowest BCUT2D eigenvalue weighted by Crippen LogP contribution is -2.32. The third-order valence-electron chi connectivity index (χ3n) is 5.33. The van der Waals surface area contributed by atoms with Crippen molar-refractivity contribution in [2.75, 3.05) is 0 Å². The molecule has 1 aliphatic rings. The van der Waals surface area contributed by atoms with Crippen molar-refractivity contribution in [2.24, 2.45) is 5.92 Å². The molecule has 3 aromatic rings. The maximum absolute atomic E-state index is 13.0.